The van der Waals surface area contributed by atoms with Gasteiger partial charge in [-0.3, -0.25) is 13.9 Å². The van der Waals surface area contributed by atoms with E-state index in [0.29, 0.717) is 6.42 Å². The number of aromatic amines is 1. The molecule has 4 rings (SSSR count). The van der Waals surface area contributed by atoms with Gasteiger partial charge in [-0.25, -0.2) is 4.98 Å². The highest BCUT2D eigenvalue weighted by atomic mass is 32.2. The molecule has 11 nitrogen and oxygen atoms in total. The summed E-state index contributed by atoms with van der Waals surface area (Å²) in [6.45, 7) is 3.93. The van der Waals surface area contributed by atoms with Crippen molar-refractivity contribution >= 4 is 26.2 Å². The maximum Gasteiger partial charge on any atom is 0.323 e. The smallest absolute Gasteiger partial charge is 0.323 e. The number of imidazole rings is 1. The first-order valence-corrected chi connectivity index (χ1v) is 14.7. The Morgan fingerprint density at radius 1 is 0.850 bits per heavy atom. The number of ether oxygens (including phenoxy) is 1. The zero-order chi connectivity index (χ0) is 29.8. The van der Waals surface area contributed by atoms with Crippen molar-refractivity contribution in [3.8, 4) is 0 Å². The Bertz CT molecular complexity index is 1470. The summed E-state index contributed by atoms with van der Waals surface area (Å²) in [5.41, 5.74) is 9.42. The molecule has 13 heteroatoms. The molecule has 0 fully saturated rings. The summed E-state index contributed by atoms with van der Waals surface area (Å²) in [6, 6.07) is 20.8. The number of nitrogens with one attached hydrogen (secondary N) is 1. The second-order valence-corrected chi connectivity index (χ2v) is 11.4. The average molecular weight is 590 g/mol. The van der Waals surface area contributed by atoms with Crippen LogP contribution in [0.1, 0.15) is 22.4 Å². The molecular weight excluding hydrogens is 558 g/mol. The number of carbonyl (C=O) groups is 1. The molecule has 1 aromatic heterocycles. The monoisotopic (exact) mass is 589 g/mol. The predicted molar refractivity (Wildman–Crippen MR) is 148 cm³/mol. The van der Waals surface area contributed by atoms with Crippen molar-refractivity contribution in [3.05, 3.63) is 114 Å². The number of nitrogens with zero attached hydrogens (tertiary/aromatic N) is 1. The minimum Gasteiger partial charge on any atom is -0.460 e. The molecule has 0 aliphatic carbocycles. The van der Waals surface area contributed by atoms with Gasteiger partial charge in [-0.2, -0.15) is 16.8 Å². The largest absolute Gasteiger partial charge is 0.460 e. The third kappa shape index (κ3) is 11.9. The lowest BCUT2D eigenvalue weighted by molar-refractivity contribution is -0.146. The van der Waals surface area contributed by atoms with Gasteiger partial charge in [0.25, 0.3) is 20.2 Å². The fraction of sp³-hybridized carbons (Fsp3) is 0.185. The van der Waals surface area contributed by atoms with E-state index in [0.717, 1.165) is 22.4 Å². The van der Waals surface area contributed by atoms with Crippen molar-refractivity contribution in [1.82, 2.24) is 9.97 Å². The first kappa shape index (κ1) is 32.3. The number of esters is 1. The normalized spacial score (nSPS) is 11.7. The number of benzene rings is 3. The van der Waals surface area contributed by atoms with Crippen molar-refractivity contribution in [2.45, 2.75) is 42.7 Å². The van der Waals surface area contributed by atoms with Crippen molar-refractivity contribution in [3.63, 3.8) is 0 Å². The van der Waals surface area contributed by atoms with E-state index in [1.165, 1.54) is 24.3 Å². The van der Waals surface area contributed by atoms with Crippen LogP contribution in [0.5, 0.6) is 0 Å². The van der Waals surface area contributed by atoms with Gasteiger partial charge in [0.15, 0.2) is 0 Å². The summed E-state index contributed by atoms with van der Waals surface area (Å²) in [5, 5.41) is 0. The molecule has 40 heavy (non-hydrogen) atoms. The Labute approximate surface area is 233 Å². The highest BCUT2D eigenvalue weighted by Crippen LogP contribution is 2.09. The SMILES string of the molecule is Cc1ccc(S(=O)(=O)O)cc1.Cc1ccc(S(=O)(=O)O)cc1.N[C@@H](Cc1cnc[nH]1)C(=O)OCc1ccccc1. The standard InChI is InChI=1S/C13H15N3O2.2C7H8O3S/c14-12(6-11-7-15-9-16-11)13(17)18-8-10-4-2-1-3-5-10;2*1-6-2-4-7(5-3-6)11(8,9)10/h1-5,7,9,12H,6,8,14H2,(H,15,16);2*2-5H,1H3,(H,8,9,10)/t12-;;/m0../s1. The number of aryl methyl sites for hydroxylation is 2. The van der Waals surface area contributed by atoms with E-state index in [1.807, 2.05) is 44.2 Å². The van der Waals surface area contributed by atoms with E-state index < -0.39 is 32.2 Å². The number of hydrogen-bond acceptors (Lipinski definition) is 8. The van der Waals surface area contributed by atoms with Crippen LogP contribution in [0.25, 0.3) is 0 Å². The number of hydrogen-bond donors (Lipinski definition) is 4. The van der Waals surface area contributed by atoms with Gasteiger partial charge in [-0.15, -0.1) is 0 Å². The summed E-state index contributed by atoms with van der Waals surface area (Å²) < 4.78 is 64.2. The Morgan fingerprint density at radius 3 is 1.73 bits per heavy atom. The quantitative estimate of drug-likeness (QED) is 0.183. The van der Waals surface area contributed by atoms with Crippen LogP contribution in [0, 0.1) is 13.8 Å². The molecule has 0 saturated carbocycles. The van der Waals surface area contributed by atoms with E-state index in [1.54, 1.807) is 36.8 Å². The first-order chi connectivity index (χ1) is 18.8. The maximum atomic E-state index is 11.7. The van der Waals surface area contributed by atoms with Crippen molar-refractivity contribution in [1.29, 1.82) is 0 Å². The summed E-state index contributed by atoms with van der Waals surface area (Å²) in [5.74, 6) is -0.409. The Hall–Kier alpha value is -3.88. The van der Waals surface area contributed by atoms with Crippen LogP contribution < -0.4 is 5.73 Å². The van der Waals surface area contributed by atoms with Crippen LogP contribution >= 0.6 is 0 Å². The van der Waals surface area contributed by atoms with Gasteiger partial charge in [0.2, 0.25) is 0 Å². The molecule has 5 N–H and O–H groups in total. The first-order valence-electron chi connectivity index (χ1n) is 11.8. The van der Waals surface area contributed by atoms with Crippen LogP contribution in [-0.2, 0) is 42.8 Å². The van der Waals surface area contributed by atoms with Gasteiger partial charge in [-0.05, 0) is 43.7 Å². The van der Waals surface area contributed by atoms with Crippen LogP contribution in [0.4, 0.5) is 0 Å². The van der Waals surface area contributed by atoms with Crippen molar-refractivity contribution < 1.29 is 35.5 Å². The number of nitrogens with two attached hydrogens (primary N) is 1. The Morgan fingerprint density at radius 2 is 1.32 bits per heavy atom. The zero-order valence-electron chi connectivity index (χ0n) is 21.8. The van der Waals surface area contributed by atoms with Crippen LogP contribution in [0.3, 0.4) is 0 Å². The zero-order valence-corrected chi connectivity index (χ0v) is 23.5. The number of aromatic nitrogens is 2. The van der Waals surface area contributed by atoms with Gasteiger partial charge in [0.1, 0.15) is 12.6 Å². The third-order valence-corrected chi connectivity index (χ3v) is 6.89. The van der Waals surface area contributed by atoms with Crippen molar-refractivity contribution in [2.75, 3.05) is 0 Å². The topological polar surface area (TPSA) is 190 Å². The van der Waals surface area contributed by atoms with Gasteiger partial charge >= 0.3 is 5.97 Å². The van der Waals surface area contributed by atoms with Gasteiger partial charge in [0, 0.05) is 18.3 Å². The lowest BCUT2D eigenvalue weighted by atomic mass is 10.2. The van der Waals surface area contributed by atoms with E-state index >= 15 is 0 Å². The third-order valence-electron chi connectivity index (χ3n) is 5.16. The van der Waals surface area contributed by atoms with Crippen molar-refractivity contribution in [2.24, 2.45) is 5.73 Å². The molecule has 0 unspecified atom stereocenters. The van der Waals surface area contributed by atoms with Gasteiger partial charge in [-0.1, -0.05) is 65.7 Å². The lowest BCUT2D eigenvalue weighted by Crippen LogP contribution is -2.34. The molecule has 0 aliphatic heterocycles. The Kier molecular flexibility index (Phi) is 12.2. The molecule has 0 amide bonds. The molecule has 0 saturated heterocycles. The highest BCUT2D eigenvalue weighted by molar-refractivity contribution is 7.86. The maximum absolute atomic E-state index is 11.7. The van der Waals surface area contributed by atoms with E-state index in [4.69, 9.17) is 19.6 Å². The van der Waals surface area contributed by atoms with Gasteiger partial charge < -0.3 is 15.5 Å². The molecule has 214 valence electrons. The van der Waals surface area contributed by atoms with Crippen LogP contribution in [0.15, 0.2) is 101 Å². The highest BCUT2D eigenvalue weighted by Gasteiger charge is 2.16. The molecule has 1 heterocycles. The predicted octanol–water partition coefficient (Wildman–Crippen LogP) is 3.51. The summed E-state index contributed by atoms with van der Waals surface area (Å²) >= 11 is 0. The molecule has 0 spiro atoms. The average Bonchev–Trinajstić information content (AvgIpc) is 3.41. The number of carbonyl (C=O) groups excluding carboxylic acids is 1. The molecule has 3 aromatic carbocycles. The summed E-state index contributed by atoms with van der Waals surface area (Å²) in [7, 11) is -8.04. The fourth-order valence-electron chi connectivity index (χ4n) is 2.97. The fourth-order valence-corrected chi connectivity index (χ4v) is 3.93. The van der Waals surface area contributed by atoms with Crippen LogP contribution in [-0.4, -0.2) is 47.9 Å². The number of H-pyrrole nitrogens is 1. The van der Waals surface area contributed by atoms with Crippen LogP contribution in [0.2, 0.25) is 0 Å². The Balaban J connectivity index is 0.000000222. The molecule has 4 aromatic rings. The molecule has 0 radical (unpaired) electrons. The van der Waals surface area contributed by atoms with E-state index in [2.05, 4.69) is 9.97 Å². The second kappa shape index (κ2) is 15.1. The molecule has 1 atom stereocenters. The van der Waals surface area contributed by atoms with Gasteiger partial charge in [0.05, 0.1) is 16.1 Å². The van der Waals surface area contributed by atoms with E-state index in [9.17, 15) is 21.6 Å². The molecule has 0 bridgehead atoms. The molecule has 0 aliphatic rings. The second-order valence-electron chi connectivity index (χ2n) is 8.56. The summed E-state index contributed by atoms with van der Waals surface area (Å²) in [6.07, 6.45) is 3.59. The minimum absolute atomic E-state index is 0.0666. The number of rotatable bonds is 7. The molecular formula is C27H31N3O8S2. The lowest BCUT2D eigenvalue weighted by Gasteiger charge is -2.10. The summed E-state index contributed by atoms with van der Waals surface area (Å²) in [4.78, 5) is 18.3. The van der Waals surface area contributed by atoms with E-state index in [-0.39, 0.29) is 16.4 Å². The minimum atomic E-state index is -4.02.